The van der Waals surface area contributed by atoms with Crippen LogP contribution in [0.15, 0.2) is 36.7 Å². The van der Waals surface area contributed by atoms with Gasteiger partial charge < -0.3 is 20.3 Å². The number of carbonyl (C=O) groups is 1. The SMILES string of the molecule is Nc1nc(Cl)nc2c1ncn2[C@@H]1O[C@H](CO)[C@H](OC(=O)c2ccccc2)C1F. The molecule has 1 unspecified atom stereocenters. The maximum absolute atomic E-state index is 15.2. The minimum Gasteiger partial charge on any atom is -0.453 e. The average molecular weight is 408 g/mol. The number of imidazole rings is 1. The second kappa shape index (κ2) is 7.30. The molecule has 9 nitrogen and oxygen atoms in total. The zero-order valence-electron chi connectivity index (χ0n) is 14.3. The summed E-state index contributed by atoms with van der Waals surface area (Å²) in [7, 11) is 0. The van der Waals surface area contributed by atoms with Gasteiger partial charge in [-0.2, -0.15) is 9.97 Å². The van der Waals surface area contributed by atoms with Gasteiger partial charge in [-0.1, -0.05) is 18.2 Å². The molecule has 0 aliphatic carbocycles. The van der Waals surface area contributed by atoms with Crippen LogP contribution in [0.25, 0.3) is 11.2 Å². The molecule has 28 heavy (non-hydrogen) atoms. The molecule has 3 aromatic rings. The number of aliphatic hydroxyl groups is 1. The van der Waals surface area contributed by atoms with Crippen LogP contribution in [0.3, 0.4) is 0 Å². The summed E-state index contributed by atoms with van der Waals surface area (Å²) in [5.41, 5.74) is 6.41. The highest BCUT2D eigenvalue weighted by Crippen LogP contribution is 2.36. The van der Waals surface area contributed by atoms with E-state index in [4.69, 9.17) is 26.8 Å². The summed E-state index contributed by atoms with van der Waals surface area (Å²) in [5, 5.41) is 9.45. The van der Waals surface area contributed by atoms with Gasteiger partial charge in [-0.05, 0) is 23.7 Å². The molecule has 0 spiro atoms. The number of anilines is 1. The number of fused-ring (bicyclic) bond motifs is 1. The van der Waals surface area contributed by atoms with Crippen molar-refractivity contribution < 1.29 is 23.8 Å². The second-order valence-corrected chi connectivity index (χ2v) is 6.47. The summed E-state index contributed by atoms with van der Waals surface area (Å²) in [5.74, 6) is -0.686. The lowest BCUT2D eigenvalue weighted by atomic mass is 10.1. The minimum absolute atomic E-state index is 0.0351. The van der Waals surface area contributed by atoms with Crippen LogP contribution in [-0.2, 0) is 9.47 Å². The van der Waals surface area contributed by atoms with E-state index in [1.807, 2.05) is 0 Å². The van der Waals surface area contributed by atoms with E-state index in [0.29, 0.717) is 0 Å². The number of carbonyl (C=O) groups excluding carboxylic acids is 1. The fourth-order valence-corrected chi connectivity index (χ4v) is 3.24. The van der Waals surface area contributed by atoms with Crippen molar-refractivity contribution in [1.29, 1.82) is 0 Å². The smallest absolute Gasteiger partial charge is 0.338 e. The highest BCUT2D eigenvalue weighted by Gasteiger charge is 2.49. The third-order valence-corrected chi connectivity index (χ3v) is 4.56. The van der Waals surface area contributed by atoms with E-state index < -0.39 is 37.2 Å². The predicted molar refractivity (Wildman–Crippen MR) is 96.3 cm³/mol. The number of rotatable bonds is 4. The lowest BCUT2D eigenvalue weighted by molar-refractivity contribution is -0.0508. The number of esters is 1. The van der Waals surface area contributed by atoms with E-state index in [2.05, 4.69) is 15.0 Å². The minimum atomic E-state index is -1.79. The molecular weight excluding hydrogens is 393 g/mol. The Morgan fingerprint density at radius 2 is 2.11 bits per heavy atom. The molecule has 2 aromatic heterocycles. The number of ether oxygens (including phenoxy) is 2. The van der Waals surface area contributed by atoms with Gasteiger partial charge in [0, 0.05) is 0 Å². The van der Waals surface area contributed by atoms with Crippen molar-refractivity contribution in [3.63, 3.8) is 0 Å². The third-order valence-electron chi connectivity index (χ3n) is 4.39. The zero-order chi connectivity index (χ0) is 19.8. The van der Waals surface area contributed by atoms with Gasteiger partial charge in [-0.3, -0.25) is 4.57 Å². The van der Waals surface area contributed by atoms with Crippen molar-refractivity contribution >= 4 is 34.6 Å². The number of hydrogen-bond acceptors (Lipinski definition) is 8. The first-order chi connectivity index (χ1) is 13.5. The van der Waals surface area contributed by atoms with Gasteiger partial charge in [0.2, 0.25) is 5.28 Å². The number of nitrogens with two attached hydrogens (primary N) is 1. The summed E-state index contributed by atoms with van der Waals surface area (Å²) in [6.07, 6.45) is -4.16. The first kappa shape index (κ1) is 18.5. The van der Waals surface area contributed by atoms with Crippen molar-refractivity contribution in [2.45, 2.75) is 24.6 Å². The molecule has 1 fully saturated rings. The molecule has 1 saturated heterocycles. The van der Waals surface area contributed by atoms with Gasteiger partial charge in [-0.25, -0.2) is 14.2 Å². The molecule has 0 radical (unpaired) electrons. The number of alkyl halides is 1. The fourth-order valence-electron chi connectivity index (χ4n) is 3.07. The molecule has 1 aliphatic heterocycles. The number of benzene rings is 1. The van der Waals surface area contributed by atoms with Gasteiger partial charge in [0.1, 0.15) is 11.6 Å². The fraction of sp³-hybridized carbons (Fsp3) is 0.294. The molecular formula is C17H15ClFN5O4. The Morgan fingerprint density at radius 3 is 2.82 bits per heavy atom. The summed E-state index contributed by atoms with van der Waals surface area (Å²) in [4.78, 5) is 24.2. The van der Waals surface area contributed by atoms with Crippen LogP contribution in [0.1, 0.15) is 16.6 Å². The van der Waals surface area contributed by atoms with Crippen molar-refractivity contribution in [3.05, 3.63) is 47.5 Å². The summed E-state index contributed by atoms with van der Waals surface area (Å²) < 4.78 is 27.3. The molecule has 0 saturated carbocycles. The van der Waals surface area contributed by atoms with Gasteiger partial charge in [-0.15, -0.1) is 0 Å². The zero-order valence-corrected chi connectivity index (χ0v) is 15.0. The third kappa shape index (κ3) is 3.15. The standard InChI is InChI=1S/C17H15ClFN5O4/c18-17-22-13(20)11-14(23-17)24(7-21-11)15-10(19)12(9(6-25)27-15)28-16(26)8-4-2-1-3-5-8/h1-5,7,9-10,12,15,25H,6H2,(H2,20,22,23)/t9-,10?,12+,15-/m1/s1. The van der Waals surface area contributed by atoms with Crippen LogP contribution >= 0.6 is 11.6 Å². The summed E-state index contributed by atoms with van der Waals surface area (Å²) in [6, 6.07) is 8.14. The van der Waals surface area contributed by atoms with Crippen LogP contribution in [0.5, 0.6) is 0 Å². The summed E-state index contributed by atoms with van der Waals surface area (Å²) >= 11 is 5.83. The van der Waals surface area contributed by atoms with E-state index in [1.54, 1.807) is 30.3 Å². The lowest BCUT2D eigenvalue weighted by Crippen LogP contribution is -2.35. The molecule has 1 aromatic carbocycles. The first-order valence-corrected chi connectivity index (χ1v) is 8.69. The van der Waals surface area contributed by atoms with E-state index in [-0.39, 0.29) is 27.8 Å². The van der Waals surface area contributed by atoms with Crippen molar-refractivity contribution in [2.75, 3.05) is 12.3 Å². The topological polar surface area (TPSA) is 125 Å². The van der Waals surface area contributed by atoms with E-state index in [0.717, 1.165) is 0 Å². The Kier molecular flexibility index (Phi) is 4.84. The Morgan fingerprint density at radius 1 is 1.36 bits per heavy atom. The number of nitrogen functional groups attached to an aromatic ring is 1. The molecule has 3 heterocycles. The Bertz CT molecular complexity index is 1020. The van der Waals surface area contributed by atoms with E-state index >= 15 is 4.39 Å². The van der Waals surface area contributed by atoms with Crippen molar-refractivity contribution in [2.24, 2.45) is 0 Å². The lowest BCUT2D eigenvalue weighted by Gasteiger charge is -2.18. The molecule has 11 heteroatoms. The highest BCUT2D eigenvalue weighted by atomic mass is 35.5. The molecule has 4 rings (SSSR count). The van der Waals surface area contributed by atoms with Gasteiger partial charge in [0.05, 0.1) is 18.5 Å². The number of nitrogens with zero attached hydrogens (tertiary/aromatic N) is 4. The van der Waals surface area contributed by atoms with E-state index in [1.165, 1.54) is 10.9 Å². The molecule has 3 N–H and O–H groups in total. The van der Waals surface area contributed by atoms with Crippen LogP contribution in [0, 0.1) is 0 Å². The van der Waals surface area contributed by atoms with Crippen LogP contribution < -0.4 is 5.73 Å². The van der Waals surface area contributed by atoms with Crippen LogP contribution in [-0.4, -0.2) is 55.6 Å². The number of halogens is 2. The molecule has 0 bridgehead atoms. The molecule has 0 amide bonds. The predicted octanol–water partition coefficient (Wildman–Crippen LogP) is 1.52. The van der Waals surface area contributed by atoms with Crippen molar-refractivity contribution in [3.8, 4) is 0 Å². The maximum atomic E-state index is 15.2. The quantitative estimate of drug-likeness (QED) is 0.492. The van der Waals surface area contributed by atoms with Gasteiger partial charge >= 0.3 is 5.97 Å². The van der Waals surface area contributed by atoms with E-state index in [9.17, 15) is 9.90 Å². The second-order valence-electron chi connectivity index (χ2n) is 6.13. The van der Waals surface area contributed by atoms with Crippen molar-refractivity contribution in [1.82, 2.24) is 19.5 Å². The monoisotopic (exact) mass is 407 g/mol. The number of aliphatic hydroxyl groups excluding tert-OH is 1. The van der Waals surface area contributed by atoms with Crippen LogP contribution in [0.4, 0.5) is 10.2 Å². The maximum Gasteiger partial charge on any atom is 0.338 e. The largest absolute Gasteiger partial charge is 0.453 e. The number of aromatic nitrogens is 4. The molecule has 1 aliphatic rings. The first-order valence-electron chi connectivity index (χ1n) is 8.31. The molecule has 146 valence electrons. The Balaban J connectivity index is 1.63. The molecule has 4 atom stereocenters. The average Bonchev–Trinajstić information content (AvgIpc) is 3.24. The Labute approximate surface area is 162 Å². The highest BCUT2D eigenvalue weighted by molar-refractivity contribution is 6.28. The normalized spacial score (nSPS) is 24.5. The Hall–Kier alpha value is -2.82. The van der Waals surface area contributed by atoms with Gasteiger partial charge in [0.15, 0.2) is 30.0 Å². The van der Waals surface area contributed by atoms with Crippen LogP contribution in [0.2, 0.25) is 5.28 Å². The number of hydrogen-bond donors (Lipinski definition) is 2. The summed E-state index contributed by atoms with van der Waals surface area (Å²) in [6.45, 7) is -0.547. The van der Waals surface area contributed by atoms with Gasteiger partial charge in [0.25, 0.3) is 0 Å².